The van der Waals surface area contributed by atoms with E-state index in [-0.39, 0.29) is 30.5 Å². The molecule has 1 atom stereocenters. The fourth-order valence-electron chi connectivity index (χ4n) is 2.04. The van der Waals surface area contributed by atoms with Crippen LogP contribution in [0.25, 0.3) is 11.4 Å². The van der Waals surface area contributed by atoms with Gasteiger partial charge in [-0.15, -0.1) is 0 Å². The molecular formula is C18H22FN3O4. The molecule has 0 saturated heterocycles. The third-order valence-corrected chi connectivity index (χ3v) is 3.48. The zero-order valence-corrected chi connectivity index (χ0v) is 15.0. The van der Waals surface area contributed by atoms with E-state index in [1.165, 1.54) is 31.2 Å². The molecule has 140 valence electrons. The Morgan fingerprint density at radius 1 is 1.23 bits per heavy atom. The molecule has 1 aromatic heterocycles. The molecular weight excluding hydrogens is 341 g/mol. The van der Waals surface area contributed by atoms with Crippen molar-refractivity contribution < 1.29 is 23.2 Å². The zero-order valence-electron chi connectivity index (χ0n) is 15.0. The van der Waals surface area contributed by atoms with Crippen LogP contribution in [0.2, 0.25) is 0 Å². The van der Waals surface area contributed by atoms with Gasteiger partial charge >= 0.3 is 5.97 Å². The number of ether oxygens (including phenoxy) is 1. The first kappa shape index (κ1) is 19.6. The summed E-state index contributed by atoms with van der Waals surface area (Å²) in [5, 5.41) is 6.50. The van der Waals surface area contributed by atoms with E-state index in [4.69, 9.17) is 9.26 Å². The highest BCUT2D eigenvalue weighted by atomic mass is 19.1. The summed E-state index contributed by atoms with van der Waals surface area (Å²) in [7, 11) is 0. The molecule has 0 aliphatic heterocycles. The molecule has 1 unspecified atom stereocenters. The van der Waals surface area contributed by atoms with E-state index < -0.39 is 12.1 Å². The summed E-state index contributed by atoms with van der Waals surface area (Å²) in [4.78, 5) is 27.8. The average molecular weight is 363 g/mol. The van der Waals surface area contributed by atoms with Crippen LogP contribution in [0, 0.1) is 11.7 Å². The van der Waals surface area contributed by atoms with Gasteiger partial charge in [0.2, 0.25) is 11.7 Å². The number of hydrogen-bond donors (Lipinski definition) is 1. The van der Waals surface area contributed by atoms with Crippen LogP contribution in [0.15, 0.2) is 28.8 Å². The molecule has 0 fully saturated rings. The van der Waals surface area contributed by atoms with Crippen LogP contribution < -0.4 is 5.32 Å². The summed E-state index contributed by atoms with van der Waals surface area (Å²) in [5.74, 6) is -0.323. The molecule has 2 rings (SSSR count). The van der Waals surface area contributed by atoms with Crippen molar-refractivity contribution >= 4 is 11.9 Å². The number of nitrogens with zero attached hydrogens (tertiary/aromatic N) is 2. The topological polar surface area (TPSA) is 94.3 Å². The maximum Gasteiger partial charge on any atom is 0.307 e. The number of esters is 1. The maximum atomic E-state index is 12.9. The molecule has 1 amide bonds. The smallest absolute Gasteiger partial charge is 0.307 e. The molecule has 8 heteroatoms. The van der Waals surface area contributed by atoms with Crippen molar-refractivity contribution in [3.8, 4) is 11.4 Å². The second kappa shape index (κ2) is 9.07. The molecule has 26 heavy (non-hydrogen) atoms. The Morgan fingerprint density at radius 3 is 2.58 bits per heavy atom. The number of halogens is 1. The molecule has 0 saturated carbocycles. The van der Waals surface area contributed by atoms with Crippen LogP contribution in [0.1, 0.15) is 33.1 Å². The van der Waals surface area contributed by atoms with E-state index in [2.05, 4.69) is 15.5 Å². The summed E-state index contributed by atoms with van der Waals surface area (Å²) >= 11 is 0. The summed E-state index contributed by atoms with van der Waals surface area (Å²) in [6, 6.07) is 5.67. The number of aromatic nitrogens is 2. The number of hydrogen-bond acceptors (Lipinski definition) is 6. The van der Waals surface area contributed by atoms with Gasteiger partial charge in [-0.1, -0.05) is 19.0 Å². The number of benzene rings is 1. The quantitative estimate of drug-likeness (QED) is 0.724. The van der Waals surface area contributed by atoms with Crippen molar-refractivity contribution in [1.82, 2.24) is 15.5 Å². The Kier molecular flexibility index (Phi) is 6.82. The van der Waals surface area contributed by atoms with Gasteiger partial charge in [-0.25, -0.2) is 4.39 Å². The van der Waals surface area contributed by atoms with E-state index in [1.807, 2.05) is 13.8 Å². The summed E-state index contributed by atoms with van der Waals surface area (Å²) in [6.07, 6.45) is -0.668. The number of carbonyl (C=O) groups is 2. The van der Waals surface area contributed by atoms with E-state index in [0.29, 0.717) is 23.9 Å². The monoisotopic (exact) mass is 363 g/mol. The highest BCUT2D eigenvalue weighted by molar-refractivity contribution is 5.83. The van der Waals surface area contributed by atoms with Crippen LogP contribution in [0.4, 0.5) is 4.39 Å². The molecule has 0 radical (unpaired) electrons. The lowest BCUT2D eigenvalue weighted by Crippen LogP contribution is -2.37. The Hall–Kier alpha value is -2.77. The van der Waals surface area contributed by atoms with Crippen LogP contribution in [0.3, 0.4) is 0 Å². The van der Waals surface area contributed by atoms with Crippen LogP contribution in [-0.2, 0) is 20.7 Å². The number of carbonyl (C=O) groups excluding carboxylic acids is 2. The Balaban J connectivity index is 1.80. The fraction of sp³-hybridized carbons (Fsp3) is 0.444. The van der Waals surface area contributed by atoms with Crippen LogP contribution >= 0.6 is 0 Å². The van der Waals surface area contributed by atoms with Gasteiger partial charge in [0.15, 0.2) is 6.10 Å². The lowest BCUT2D eigenvalue weighted by molar-refractivity contribution is -0.154. The lowest BCUT2D eigenvalue weighted by atomic mass is 10.2. The average Bonchev–Trinajstić information content (AvgIpc) is 3.07. The third-order valence-electron chi connectivity index (χ3n) is 3.48. The van der Waals surface area contributed by atoms with Gasteiger partial charge < -0.3 is 14.6 Å². The molecule has 1 heterocycles. The van der Waals surface area contributed by atoms with Gasteiger partial charge in [-0.05, 0) is 37.1 Å². The normalized spacial score (nSPS) is 12.0. The molecule has 1 aromatic carbocycles. The van der Waals surface area contributed by atoms with E-state index in [9.17, 15) is 14.0 Å². The second-order valence-corrected chi connectivity index (χ2v) is 6.29. The maximum absolute atomic E-state index is 12.9. The first-order valence-corrected chi connectivity index (χ1v) is 8.41. The van der Waals surface area contributed by atoms with E-state index in [0.717, 1.165) is 0 Å². The molecule has 0 spiro atoms. The molecule has 0 bridgehead atoms. The SMILES string of the molecule is CC(C)CNC(=O)C(C)OC(=O)CCc1nc(-c2ccc(F)cc2)no1. The predicted molar refractivity (Wildman–Crippen MR) is 91.4 cm³/mol. The highest BCUT2D eigenvalue weighted by Crippen LogP contribution is 2.16. The summed E-state index contributed by atoms with van der Waals surface area (Å²) in [5.41, 5.74) is 0.611. The van der Waals surface area contributed by atoms with Crippen molar-refractivity contribution in [2.24, 2.45) is 5.92 Å². The molecule has 2 aromatic rings. The third kappa shape index (κ3) is 5.94. The van der Waals surface area contributed by atoms with Gasteiger partial charge in [-0.3, -0.25) is 9.59 Å². The molecule has 0 aliphatic rings. The predicted octanol–water partition coefficient (Wildman–Crippen LogP) is 2.51. The number of rotatable bonds is 8. The van der Waals surface area contributed by atoms with E-state index in [1.54, 1.807) is 0 Å². The van der Waals surface area contributed by atoms with Crippen molar-refractivity contribution in [2.75, 3.05) is 6.54 Å². The van der Waals surface area contributed by atoms with Crippen molar-refractivity contribution in [1.29, 1.82) is 0 Å². The summed E-state index contributed by atoms with van der Waals surface area (Å²) in [6.45, 7) is 5.99. The number of aryl methyl sites for hydroxylation is 1. The molecule has 0 aliphatic carbocycles. The van der Waals surface area contributed by atoms with Gasteiger partial charge in [0.05, 0.1) is 6.42 Å². The largest absolute Gasteiger partial charge is 0.453 e. The molecule has 7 nitrogen and oxygen atoms in total. The summed E-state index contributed by atoms with van der Waals surface area (Å²) < 4.78 is 23.1. The Bertz CT molecular complexity index is 743. The Morgan fingerprint density at radius 2 is 1.92 bits per heavy atom. The first-order valence-electron chi connectivity index (χ1n) is 8.41. The van der Waals surface area contributed by atoms with Gasteiger partial charge in [0.1, 0.15) is 5.82 Å². The fourth-order valence-corrected chi connectivity index (χ4v) is 2.04. The lowest BCUT2D eigenvalue weighted by Gasteiger charge is -2.14. The number of nitrogens with one attached hydrogen (secondary N) is 1. The first-order chi connectivity index (χ1) is 12.3. The van der Waals surface area contributed by atoms with Crippen molar-refractivity contribution in [3.63, 3.8) is 0 Å². The van der Waals surface area contributed by atoms with Crippen molar-refractivity contribution in [2.45, 2.75) is 39.7 Å². The van der Waals surface area contributed by atoms with E-state index >= 15 is 0 Å². The highest BCUT2D eigenvalue weighted by Gasteiger charge is 2.18. The molecule has 1 N–H and O–H groups in total. The van der Waals surface area contributed by atoms with Gasteiger partial charge in [0, 0.05) is 18.5 Å². The zero-order chi connectivity index (χ0) is 19.1. The number of amides is 1. The van der Waals surface area contributed by atoms with Gasteiger partial charge in [-0.2, -0.15) is 4.98 Å². The van der Waals surface area contributed by atoms with Gasteiger partial charge in [0.25, 0.3) is 5.91 Å². The van der Waals surface area contributed by atoms with Crippen LogP contribution in [-0.4, -0.2) is 34.7 Å². The Labute approximate surface area is 150 Å². The minimum atomic E-state index is -0.862. The standard InChI is InChI=1S/C18H22FN3O4/c1-11(2)10-20-18(24)12(3)25-16(23)9-8-15-21-17(22-26-15)13-4-6-14(19)7-5-13/h4-7,11-12H,8-10H2,1-3H3,(H,20,24). The minimum Gasteiger partial charge on any atom is -0.453 e. The van der Waals surface area contributed by atoms with Crippen molar-refractivity contribution in [3.05, 3.63) is 36.0 Å². The minimum absolute atomic E-state index is 0.00680. The van der Waals surface area contributed by atoms with Crippen LogP contribution in [0.5, 0.6) is 0 Å². The second-order valence-electron chi connectivity index (χ2n) is 6.29.